The van der Waals surface area contributed by atoms with Crippen molar-refractivity contribution in [2.75, 3.05) is 7.11 Å². The van der Waals surface area contributed by atoms with Crippen molar-refractivity contribution >= 4 is 17.6 Å². The summed E-state index contributed by atoms with van der Waals surface area (Å²) < 4.78 is 5.09. The normalized spacial score (nSPS) is 11.4. The summed E-state index contributed by atoms with van der Waals surface area (Å²) in [5, 5.41) is 0. The average molecular weight is 198 g/mol. The number of hydrogen-bond donors (Lipinski definition) is 0. The van der Waals surface area contributed by atoms with E-state index in [4.69, 9.17) is 4.74 Å². The lowest BCUT2D eigenvalue weighted by molar-refractivity contribution is 0.112. The zero-order valence-corrected chi connectivity index (χ0v) is 9.20. The smallest absolute Gasteiger partial charge is 0.163 e. The van der Waals surface area contributed by atoms with Gasteiger partial charge in [0.05, 0.1) is 7.11 Å². The van der Waals surface area contributed by atoms with Crippen LogP contribution in [-0.2, 0) is 5.41 Å². The minimum atomic E-state index is 0.0825. The van der Waals surface area contributed by atoms with Gasteiger partial charge in [-0.2, -0.15) is 0 Å². The van der Waals surface area contributed by atoms with Gasteiger partial charge in [-0.15, -0.1) is 11.3 Å². The molecule has 0 saturated heterocycles. The highest BCUT2D eigenvalue weighted by Crippen LogP contribution is 2.35. The molecule has 0 amide bonds. The second-order valence-electron chi connectivity index (χ2n) is 3.91. The van der Waals surface area contributed by atoms with E-state index in [2.05, 4.69) is 20.8 Å². The van der Waals surface area contributed by atoms with E-state index in [0.717, 1.165) is 6.29 Å². The molecular formula is C10H14O2S. The van der Waals surface area contributed by atoms with Crippen LogP contribution < -0.4 is 4.74 Å². The molecule has 0 unspecified atom stereocenters. The van der Waals surface area contributed by atoms with Gasteiger partial charge in [0.2, 0.25) is 0 Å². The first kappa shape index (κ1) is 10.3. The maximum absolute atomic E-state index is 10.7. The second kappa shape index (κ2) is 3.50. The van der Waals surface area contributed by atoms with Crippen LogP contribution in [0.2, 0.25) is 0 Å². The van der Waals surface area contributed by atoms with Gasteiger partial charge in [0, 0.05) is 4.88 Å². The fourth-order valence-corrected chi connectivity index (χ4v) is 2.00. The van der Waals surface area contributed by atoms with Crippen molar-refractivity contribution in [3.63, 3.8) is 0 Å². The number of thiophene rings is 1. The Morgan fingerprint density at radius 1 is 1.46 bits per heavy atom. The van der Waals surface area contributed by atoms with Gasteiger partial charge in [0.15, 0.2) is 6.29 Å². The van der Waals surface area contributed by atoms with Crippen LogP contribution in [0.3, 0.4) is 0 Å². The van der Waals surface area contributed by atoms with E-state index in [1.165, 1.54) is 16.2 Å². The van der Waals surface area contributed by atoms with E-state index < -0.39 is 0 Å². The molecular weight excluding hydrogens is 184 g/mol. The Balaban J connectivity index is 3.14. The maximum atomic E-state index is 10.7. The van der Waals surface area contributed by atoms with Gasteiger partial charge in [-0.25, -0.2) is 0 Å². The van der Waals surface area contributed by atoms with Crippen molar-refractivity contribution in [1.82, 2.24) is 0 Å². The highest BCUT2D eigenvalue weighted by atomic mass is 32.1. The molecule has 0 aromatic carbocycles. The third-order valence-corrected chi connectivity index (χ3v) is 3.26. The summed E-state index contributed by atoms with van der Waals surface area (Å²) in [5.41, 5.74) is 0.0825. The van der Waals surface area contributed by atoms with Crippen LogP contribution in [0.25, 0.3) is 0 Å². The monoisotopic (exact) mass is 198 g/mol. The number of carbonyl (C=O) groups excluding carboxylic acids is 1. The average Bonchev–Trinajstić information content (AvgIpc) is 2.45. The molecule has 0 N–H and O–H groups in total. The Bertz CT molecular complexity index is 307. The predicted octanol–water partition coefficient (Wildman–Crippen LogP) is 2.87. The minimum Gasteiger partial charge on any atom is -0.495 e. The van der Waals surface area contributed by atoms with Crippen molar-refractivity contribution in [1.29, 1.82) is 0 Å². The summed E-state index contributed by atoms with van der Waals surface area (Å²) in [6, 6.07) is 1.94. The molecule has 1 rings (SSSR count). The molecule has 1 heterocycles. The molecule has 0 aliphatic rings. The van der Waals surface area contributed by atoms with Gasteiger partial charge in [0.25, 0.3) is 0 Å². The van der Waals surface area contributed by atoms with Crippen LogP contribution in [0.4, 0.5) is 0 Å². The molecule has 0 fully saturated rings. The van der Waals surface area contributed by atoms with Crippen molar-refractivity contribution < 1.29 is 9.53 Å². The Hall–Kier alpha value is -0.830. The van der Waals surface area contributed by atoms with Gasteiger partial charge >= 0.3 is 0 Å². The fourth-order valence-electron chi connectivity index (χ4n) is 1.000. The predicted molar refractivity (Wildman–Crippen MR) is 55.0 cm³/mol. The molecule has 1 aromatic rings. The van der Waals surface area contributed by atoms with Gasteiger partial charge in [-0.3, -0.25) is 4.79 Å². The van der Waals surface area contributed by atoms with Gasteiger partial charge in [-0.05, 0) is 11.5 Å². The van der Waals surface area contributed by atoms with Crippen molar-refractivity contribution in [3.8, 4) is 5.75 Å². The number of hydrogen-bond acceptors (Lipinski definition) is 3. The van der Waals surface area contributed by atoms with E-state index in [1.807, 2.05) is 6.07 Å². The summed E-state index contributed by atoms with van der Waals surface area (Å²) in [7, 11) is 1.58. The Kier molecular flexibility index (Phi) is 2.76. The van der Waals surface area contributed by atoms with Gasteiger partial charge in [-0.1, -0.05) is 20.8 Å². The molecule has 72 valence electrons. The van der Waals surface area contributed by atoms with Crippen molar-refractivity contribution in [3.05, 3.63) is 15.8 Å². The van der Waals surface area contributed by atoms with Crippen molar-refractivity contribution in [2.45, 2.75) is 26.2 Å². The summed E-state index contributed by atoms with van der Waals surface area (Å²) in [4.78, 5) is 12.5. The molecule has 0 radical (unpaired) electrons. The van der Waals surface area contributed by atoms with Crippen LogP contribution in [0.5, 0.6) is 5.75 Å². The number of aldehydes is 1. The quantitative estimate of drug-likeness (QED) is 0.683. The molecule has 0 bridgehead atoms. The van der Waals surface area contributed by atoms with Gasteiger partial charge in [0.1, 0.15) is 10.6 Å². The van der Waals surface area contributed by atoms with Crippen LogP contribution in [0, 0.1) is 0 Å². The minimum absolute atomic E-state index is 0.0825. The molecule has 13 heavy (non-hydrogen) atoms. The lowest BCUT2D eigenvalue weighted by Crippen LogP contribution is -2.07. The summed E-state index contributed by atoms with van der Waals surface area (Å²) in [5.74, 6) is 0.685. The first-order valence-electron chi connectivity index (χ1n) is 4.12. The number of ether oxygens (including phenoxy) is 1. The number of rotatable bonds is 2. The zero-order chi connectivity index (χ0) is 10.1. The molecule has 3 heteroatoms. The zero-order valence-electron chi connectivity index (χ0n) is 8.38. The second-order valence-corrected chi connectivity index (χ2v) is 4.99. The lowest BCUT2D eigenvalue weighted by Gasteiger charge is -2.14. The van der Waals surface area contributed by atoms with Crippen molar-refractivity contribution in [2.24, 2.45) is 0 Å². The third-order valence-electron chi connectivity index (χ3n) is 1.79. The Labute approximate surface area is 82.5 Å². The van der Waals surface area contributed by atoms with Crippen LogP contribution >= 0.6 is 11.3 Å². The lowest BCUT2D eigenvalue weighted by atomic mass is 9.95. The van der Waals surface area contributed by atoms with E-state index in [9.17, 15) is 4.79 Å². The Morgan fingerprint density at radius 3 is 2.38 bits per heavy atom. The first-order valence-corrected chi connectivity index (χ1v) is 4.94. The standard InChI is InChI=1S/C10H14O2S/c1-10(2,3)9-5-7(12-4)8(6-11)13-9/h5-6H,1-4H3. The largest absolute Gasteiger partial charge is 0.495 e. The molecule has 1 aromatic heterocycles. The van der Waals surface area contributed by atoms with Crippen LogP contribution in [0.1, 0.15) is 35.3 Å². The molecule has 0 aliphatic carbocycles. The van der Waals surface area contributed by atoms with Gasteiger partial charge < -0.3 is 4.74 Å². The number of carbonyl (C=O) groups is 1. The fraction of sp³-hybridized carbons (Fsp3) is 0.500. The molecule has 0 atom stereocenters. The van der Waals surface area contributed by atoms with E-state index in [-0.39, 0.29) is 5.41 Å². The Morgan fingerprint density at radius 2 is 2.08 bits per heavy atom. The van der Waals surface area contributed by atoms with E-state index >= 15 is 0 Å². The highest BCUT2D eigenvalue weighted by molar-refractivity contribution is 7.14. The SMILES string of the molecule is COc1cc(C(C)(C)C)sc1C=O. The molecule has 0 aliphatic heterocycles. The topological polar surface area (TPSA) is 26.3 Å². The molecule has 2 nitrogen and oxygen atoms in total. The molecule has 0 saturated carbocycles. The maximum Gasteiger partial charge on any atom is 0.163 e. The highest BCUT2D eigenvalue weighted by Gasteiger charge is 2.19. The number of methoxy groups -OCH3 is 1. The van der Waals surface area contributed by atoms with Crippen LogP contribution in [-0.4, -0.2) is 13.4 Å². The summed E-state index contributed by atoms with van der Waals surface area (Å²) in [6.45, 7) is 6.35. The van der Waals surface area contributed by atoms with E-state index in [1.54, 1.807) is 7.11 Å². The third kappa shape index (κ3) is 2.10. The van der Waals surface area contributed by atoms with E-state index in [0.29, 0.717) is 10.6 Å². The summed E-state index contributed by atoms with van der Waals surface area (Å²) >= 11 is 1.50. The van der Waals surface area contributed by atoms with Crippen LogP contribution in [0.15, 0.2) is 6.07 Å². The summed E-state index contributed by atoms with van der Waals surface area (Å²) in [6.07, 6.45) is 0.846. The molecule has 0 spiro atoms. The first-order chi connectivity index (χ1) is 5.99.